The van der Waals surface area contributed by atoms with Crippen LogP contribution in [0.1, 0.15) is 45.4 Å². The molecule has 0 aliphatic heterocycles. The molecule has 0 aromatic carbocycles. The number of nitrogens with one attached hydrogen (secondary N) is 1. The minimum Gasteiger partial charge on any atom is -0.334 e. The zero-order valence-electron chi connectivity index (χ0n) is 10.4. The lowest BCUT2D eigenvalue weighted by atomic mass is 10.1. The zero-order valence-corrected chi connectivity index (χ0v) is 10.4. The van der Waals surface area contributed by atoms with Gasteiger partial charge >= 0.3 is 0 Å². The lowest BCUT2D eigenvalue weighted by molar-refractivity contribution is 0.482. The Bertz CT molecular complexity index is 319. The van der Waals surface area contributed by atoms with E-state index in [0.29, 0.717) is 6.04 Å². The van der Waals surface area contributed by atoms with Crippen LogP contribution in [0.5, 0.6) is 0 Å². The molecule has 2 atom stereocenters. The summed E-state index contributed by atoms with van der Waals surface area (Å²) < 4.78 is 2.26. The molecule has 2 unspecified atom stereocenters. The van der Waals surface area contributed by atoms with Crippen molar-refractivity contribution in [3.05, 3.63) is 18.2 Å². The summed E-state index contributed by atoms with van der Waals surface area (Å²) in [5.74, 6) is 2.08. The van der Waals surface area contributed by atoms with Crippen LogP contribution in [0.25, 0.3) is 0 Å². The average Bonchev–Trinajstić information content (AvgIpc) is 2.85. The summed E-state index contributed by atoms with van der Waals surface area (Å²) in [5, 5.41) is 3.63. The Hall–Kier alpha value is -0.830. The molecule has 1 aliphatic rings. The van der Waals surface area contributed by atoms with Gasteiger partial charge in [0.1, 0.15) is 5.82 Å². The lowest BCUT2D eigenvalue weighted by Crippen LogP contribution is -2.27. The number of aryl methyl sites for hydroxylation is 1. The molecule has 0 bridgehead atoms. The zero-order chi connectivity index (χ0) is 11.4. The Morgan fingerprint density at radius 3 is 3.06 bits per heavy atom. The van der Waals surface area contributed by atoms with Crippen LogP contribution < -0.4 is 5.32 Å². The van der Waals surface area contributed by atoms with E-state index in [1.54, 1.807) is 0 Å². The van der Waals surface area contributed by atoms with E-state index in [-0.39, 0.29) is 0 Å². The highest BCUT2D eigenvalue weighted by atomic mass is 15.1. The summed E-state index contributed by atoms with van der Waals surface area (Å²) in [4.78, 5) is 4.42. The lowest BCUT2D eigenvalue weighted by Gasteiger charge is -2.13. The third kappa shape index (κ3) is 2.85. The molecule has 1 aromatic heterocycles. The monoisotopic (exact) mass is 221 g/mol. The van der Waals surface area contributed by atoms with Gasteiger partial charge < -0.3 is 9.88 Å². The van der Waals surface area contributed by atoms with Crippen LogP contribution in [0.15, 0.2) is 12.4 Å². The highest BCUT2D eigenvalue weighted by molar-refractivity contribution is 4.93. The SMILES string of the molecule is CCCn1ccnc1CNC1CCC(C)C1. The molecule has 1 fully saturated rings. The molecule has 1 heterocycles. The van der Waals surface area contributed by atoms with Crippen molar-refractivity contribution in [1.29, 1.82) is 0 Å². The maximum atomic E-state index is 4.42. The molecule has 90 valence electrons. The summed E-state index contributed by atoms with van der Waals surface area (Å²) in [6.45, 7) is 6.55. The van der Waals surface area contributed by atoms with Crippen molar-refractivity contribution in [2.24, 2.45) is 5.92 Å². The molecule has 0 saturated heterocycles. The average molecular weight is 221 g/mol. The fourth-order valence-electron chi connectivity index (χ4n) is 2.58. The van der Waals surface area contributed by atoms with Gasteiger partial charge in [-0.2, -0.15) is 0 Å². The number of aromatic nitrogens is 2. The fourth-order valence-corrected chi connectivity index (χ4v) is 2.58. The molecular weight excluding hydrogens is 198 g/mol. The van der Waals surface area contributed by atoms with E-state index in [1.807, 2.05) is 6.20 Å². The summed E-state index contributed by atoms with van der Waals surface area (Å²) in [7, 11) is 0. The van der Waals surface area contributed by atoms with E-state index in [0.717, 1.165) is 19.0 Å². The Balaban J connectivity index is 1.82. The molecule has 3 heteroatoms. The molecular formula is C13H23N3. The number of rotatable bonds is 5. The predicted octanol–water partition coefficient (Wildman–Crippen LogP) is 2.57. The Kier molecular flexibility index (Phi) is 3.99. The molecule has 1 N–H and O–H groups in total. The first-order chi connectivity index (χ1) is 7.79. The van der Waals surface area contributed by atoms with Gasteiger partial charge in [-0.1, -0.05) is 13.8 Å². The molecule has 0 radical (unpaired) electrons. The van der Waals surface area contributed by atoms with Crippen molar-refractivity contribution in [2.75, 3.05) is 0 Å². The van der Waals surface area contributed by atoms with Gasteiger partial charge in [0.05, 0.1) is 6.54 Å². The number of imidazole rings is 1. The second-order valence-corrected chi connectivity index (χ2v) is 5.03. The van der Waals surface area contributed by atoms with E-state index in [2.05, 4.69) is 34.9 Å². The van der Waals surface area contributed by atoms with Crippen LogP contribution in [0.3, 0.4) is 0 Å². The smallest absolute Gasteiger partial charge is 0.122 e. The normalized spacial score (nSPS) is 25.1. The van der Waals surface area contributed by atoms with Crippen molar-refractivity contribution in [3.8, 4) is 0 Å². The van der Waals surface area contributed by atoms with Gasteiger partial charge in [-0.15, -0.1) is 0 Å². The minimum atomic E-state index is 0.710. The number of hydrogen-bond donors (Lipinski definition) is 1. The summed E-state index contributed by atoms with van der Waals surface area (Å²) in [5.41, 5.74) is 0. The standard InChI is InChI=1S/C13H23N3/c1-3-7-16-8-6-14-13(16)10-15-12-5-4-11(2)9-12/h6,8,11-12,15H,3-5,7,9-10H2,1-2H3. The largest absolute Gasteiger partial charge is 0.334 e. The van der Waals surface area contributed by atoms with Gasteiger partial charge in [0.25, 0.3) is 0 Å². The summed E-state index contributed by atoms with van der Waals surface area (Å²) in [6.07, 6.45) is 9.19. The van der Waals surface area contributed by atoms with Gasteiger partial charge in [0.2, 0.25) is 0 Å². The molecule has 1 aliphatic carbocycles. The second-order valence-electron chi connectivity index (χ2n) is 5.03. The van der Waals surface area contributed by atoms with Crippen molar-refractivity contribution in [3.63, 3.8) is 0 Å². The van der Waals surface area contributed by atoms with Crippen molar-refractivity contribution in [1.82, 2.24) is 14.9 Å². The van der Waals surface area contributed by atoms with E-state index in [4.69, 9.17) is 0 Å². The van der Waals surface area contributed by atoms with E-state index >= 15 is 0 Å². The van der Waals surface area contributed by atoms with Crippen LogP contribution in [0, 0.1) is 5.92 Å². The van der Waals surface area contributed by atoms with E-state index in [1.165, 1.54) is 31.5 Å². The topological polar surface area (TPSA) is 29.9 Å². The summed E-state index contributed by atoms with van der Waals surface area (Å²) in [6, 6.07) is 0.710. The van der Waals surface area contributed by atoms with Crippen LogP contribution in [-0.2, 0) is 13.1 Å². The molecule has 1 aromatic rings. The van der Waals surface area contributed by atoms with Crippen LogP contribution in [-0.4, -0.2) is 15.6 Å². The molecule has 0 spiro atoms. The van der Waals surface area contributed by atoms with Gasteiger partial charge in [0.15, 0.2) is 0 Å². The Morgan fingerprint density at radius 2 is 2.38 bits per heavy atom. The van der Waals surface area contributed by atoms with Gasteiger partial charge in [-0.25, -0.2) is 4.98 Å². The molecule has 1 saturated carbocycles. The first-order valence-corrected chi connectivity index (χ1v) is 6.53. The van der Waals surface area contributed by atoms with Crippen molar-refractivity contribution in [2.45, 2.75) is 58.7 Å². The molecule has 2 rings (SSSR count). The van der Waals surface area contributed by atoms with Gasteiger partial charge in [-0.05, 0) is 31.6 Å². The highest BCUT2D eigenvalue weighted by Gasteiger charge is 2.20. The third-order valence-electron chi connectivity index (χ3n) is 3.51. The number of nitrogens with zero attached hydrogens (tertiary/aromatic N) is 2. The maximum absolute atomic E-state index is 4.42. The van der Waals surface area contributed by atoms with Crippen LogP contribution in [0.2, 0.25) is 0 Å². The van der Waals surface area contributed by atoms with Gasteiger partial charge in [0, 0.05) is 25.0 Å². The molecule has 16 heavy (non-hydrogen) atoms. The second kappa shape index (κ2) is 5.48. The minimum absolute atomic E-state index is 0.710. The quantitative estimate of drug-likeness (QED) is 0.828. The number of hydrogen-bond acceptors (Lipinski definition) is 2. The van der Waals surface area contributed by atoms with Gasteiger partial charge in [-0.3, -0.25) is 0 Å². The molecule has 0 amide bonds. The maximum Gasteiger partial charge on any atom is 0.122 e. The Morgan fingerprint density at radius 1 is 1.50 bits per heavy atom. The summed E-state index contributed by atoms with van der Waals surface area (Å²) >= 11 is 0. The Labute approximate surface area is 98.3 Å². The molecule has 3 nitrogen and oxygen atoms in total. The van der Waals surface area contributed by atoms with Crippen LogP contribution in [0.4, 0.5) is 0 Å². The first kappa shape index (κ1) is 11.6. The van der Waals surface area contributed by atoms with E-state index < -0.39 is 0 Å². The predicted molar refractivity (Wildman–Crippen MR) is 66.2 cm³/mol. The van der Waals surface area contributed by atoms with Crippen molar-refractivity contribution < 1.29 is 0 Å². The van der Waals surface area contributed by atoms with Crippen LogP contribution >= 0.6 is 0 Å². The highest BCUT2D eigenvalue weighted by Crippen LogP contribution is 2.24. The third-order valence-corrected chi connectivity index (χ3v) is 3.51. The van der Waals surface area contributed by atoms with E-state index in [9.17, 15) is 0 Å². The van der Waals surface area contributed by atoms with Crippen molar-refractivity contribution >= 4 is 0 Å². The first-order valence-electron chi connectivity index (χ1n) is 6.53. The fraction of sp³-hybridized carbons (Fsp3) is 0.769.